The van der Waals surface area contributed by atoms with E-state index in [1.165, 1.54) is 12.0 Å². The molecule has 0 bridgehead atoms. The number of ether oxygens (including phenoxy) is 1. The van der Waals surface area contributed by atoms with Crippen molar-refractivity contribution in [1.82, 2.24) is 20.0 Å². The highest BCUT2D eigenvalue weighted by atomic mass is 16.5. The van der Waals surface area contributed by atoms with Crippen molar-refractivity contribution in [2.75, 3.05) is 27.2 Å². The van der Waals surface area contributed by atoms with Crippen LogP contribution in [0.3, 0.4) is 0 Å². The first-order valence-corrected chi connectivity index (χ1v) is 8.25. The number of hydrogen-bond donors (Lipinski definition) is 1. The Kier molecular flexibility index (Phi) is 5.14. The van der Waals surface area contributed by atoms with Gasteiger partial charge < -0.3 is 15.0 Å². The highest BCUT2D eigenvalue weighted by molar-refractivity contribution is 5.95. The van der Waals surface area contributed by atoms with Crippen LogP contribution in [0.4, 0.5) is 0 Å². The second kappa shape index (κ2) is 7.48. The van der Waals surface area contributed by atoms with Crippen LogP contribution >= 0.6 is 0 Å². The van der Waals surface area contributed by atoms with E-state index in [2.05, 4.69) is 15.2 Å². The summed E-state index contributed by atoms with van der Waals surface area (Å²) >= 11 is 0. The highest BCUT2D eigenvalue weighted by Gasteiger charge is 2.27. The van der Waals surface area contributed by atoms with Gasteiger partial charge in [-0.2, -0.15) is 5.10 Å². The number of methoxy groups -OCH3 is 1. The summed E-state index contributed by atoms with van der Waals surface area (Å²) in [5, 5.41) is 7.86. The van der Waals surface area contributed by atoms with Crippen LogP contribution in [0.1, 0.15) is 27.3 Å². The summed E-state index contributed by atoms with van der Waals surface area (Å²) in [7, 11) is 2.89. The van der Waals surface area contributed by atoms with Crippen molar-refractivity contribution >= 4 is 11.9 Å². The van der Waals surface area contributed by atoms with Crippen molar-refractivity contribution in [1.29, 1.82) is 0 Å². The van der Waals surface area contributed by atoms with Crippen LogP contribution in [0.15, 0.2) is 30.3 Å². The van der Waals surface area contributed by atoms with Gasteiger partial charge in [-0.3, -0.25) is 14.3 Å². The number of amides is 1. The molecule has 1 aromatic carbocycles. The Morgan fingerprint density at radius 3 is 2.80 bits per heavy atom. The van der Waals surface area contributed by atoms with Gasteiger partial charge in [0, 0.05) is 37.8 Å². The third kappa shape index (κ3) is 3.71. The molecule has 1 N–H and O–H groups in total. The first-order valence-electron chi connectivity index (χ1n) is 8.25. The average Bonchev–Trinajstić information content (AvgIpc) is 3.00. The van der Waals surface area contributed by atoms with Gasteiger partial charge in [0.05, 0.1) is 13.7 Å². The minimum atomic E-state index is -0.452. The second-order valence-electron chi connectivity index (χ2n) is 6.08. The van der Waals surface area contributed by atoms with Crippen molar-refractivity contribution in [3.05, 3.63) is 52.8 Å². The number of carbonyl (C=O) groups is 2. The van der Waals surface area contributed by atoms with E-state index in [1.54, 1.807) is 7.05 Å². The van der Waals surface area contributed by atoms with Gasteiger partial charge in [-0.25, -0.2) is 0 Å². The smallest absolute Gasteiger partial charge is 0.325 e. The molecule has 0 unspecified atom stereocenters. The van der Waals surface area contributed by atoms with Crippen LogP contribution < -0.4 is 5.32 Å². The van der Waals surface area contributed by atoms with Crippen molar-refractivity contribution in [3.63, 3.8) is 0 Å². The Hall–Kier alpha value is -2.67. The van der Waals surface area contributed by atoms with Crippen molar-refractivity contribution in [3.8, 4) is 0 Å². The minimum absolute atomic E-state index is 0.0942. The van der Waals surface area contributed by atoms with Crippen LogP contribution in [0.2, 0.25) is 0 Å². The fourth-order valence-electron chi connectivity index (χ4n) is 2.99. The molecule has 7 heteroatoms. The Labute approximate surface area is 146 Å². The third-order valence-corrected chi connectivity index (χ3v) is 4.33. The fraction of sp³-hybridized carbons (Fsp3) is 0.389. The minimum Gasteiger partial charge on any atom is -0.468 e. The number of likely N-dealkylation sites (N-methyl/N-ethyl adjacent to an activating group) is 1. The van der Waals surface area contributed by atoms with Gasteiger partial charge in [-0.05, 0) is 5.56 Å². The molecule has 1 amide bonds. The van der Waals surface area contributed by atoms with Crippen LogP contribution in [-0.2, 0) is 29.0 Å². The molecule has 7 nitrogen and oxygen atoms in total. The van der Waals surface area contributed by atoms with Gasteiger partial charge in [-0.15, -0.1) is 0 Å². The van der Waals surface area contributed by atoms with Crippen LogP contribution in [-0.4, -0.2) is 53.8 Å². The maximum absolute atomic E-state index is 12.7. The van der Waals surface area contributed by atoms with Gasteiger partial charge in [0.1, 0.15) is 6.54 Å². The summed E-state index contributed by atoms with van der Waals surface area (Å²) in [6.45, 7) is 2.00. The topological polar surface area (TPSA) is 76.5 Å². The Bertz CT molecular complexity index is 770. The predicted molar refractivity (Wildman–Crippen MR) is 92.2 cm³/mol. The van der Waals surface area contributed by atoms with Crippen LogP contribution in [0.25, 0.3) is 0 Å². The Balaban J connectivity index is 1.89. The van der Waals surface area contributed by atoms with E-state index < -0.39 is 5.97 Å². The Morgan fingerprint density at radius 1 is 1.32 bits per heavy atom. The fourth-order valence-corrected chi connectivity index (χ4v) is 2.99. The number of rotatable bonds is 5. The first-order chi connectivity index (χ1) is 12.1. The van der Waals surface area contributed by atoms with E-state index in [1.807, 2.05) is 35.0 Å². The number of nitrogens with zero attached hydrogens (tertiary/aromatic N) is 3. The second-order valence-corrected chi connectivity index (χ2v) is 6.08. The van der Waals surface area contributed by atoms with Crippen LogP contribution in [0.5, 0.6) is 0 Å². The zero-order valence-corrected chi connectivity index (χ0v) is 14.5. The molecule has 2 heterocycles. The molecule has 1 aliphatic heterocycles. The molecule has 0 spiro atoms. The van der Waals surface area contributed by atoms with Gasteiger partial charge in [0.2, 0.25) is 0 Å². The SMILES string of the molecule is COC(=O)CN(C)C(=O)c1nn(Cc2ccccc2)c2c1CNCC2. The summed E-state index contributed by atoms with van der Waals surface area (Å²) in [5.74, 6) is -0.719. The molecule has 132 valence electrons. The molecule has 3 rings (SSSR count). The number of hydrogen-bond acceptors (Lipinski definition) is 5. The van der Waals surface area contributed by atoms with Gasteiger partial charge >= 0.3 is 5.97 Å². The van der Waals surface area contributed by atoms with Crippen molar-refractivity contribution < 1.29 is 14.3 Å². The van der Waals surface area contributed by atoms with E-state index >= 15 is 0 Å². The molecule has 0 saturated carbocycles. The molecule has 0 aliphatic carbocycles. The zero-order valence-electron chi connectivity index (χ0n) is 14.5. The summed E-state index contributed by atoms with van der Waals surface area (Å²) in [5.41, 5.74) is 3.54. The molecule has 0 atom stereocenters. The van der Waals surface area contributed by atoms with E-state index in [0.29, 0.717) is 18.8 Å². The summed E-state index contributed by atoms with van der Waals surface area (Å²) in [4.78, 5) is 25.5. The monoisotopic (exact) mass is 342 g/mol. The zero-order chi connectivity index (χ0) is 17.8. The van der Waals surface area contributed by atoms with E-state index in [-0.39, 0.29) is 12.5 Å². The number of carbonyl (C=O) groups excluding carboxylic acids is 2. The van der Waals surface area contributed by atoms with E-state index in [9.17, 15) is 9.59 Å². The average molecular weight is 342 g/mol. The lowest BCUT2D eigenvalue weighted by Gasteiger charge is -2.17. The number of fused-ring (bicyclic) bond motifs is 1. The van der Waals surface area contributed by atoms with Crippen molar-refractivity contribution in [2.45, 2.75) is 19.5 Å². The summed E-state index contributed by atoms with van der Waals surface area (Å²) in [6, 6.07) is 10.0. The maximum atomic E-state index is 12.7. The largest absolute Gasteiger partial charge is 0.468 e. The van der Waals surface area contributed by atoms with E-state index in [4.69, 9.17) is 0 Å². The molecule has 1 aliphatic rings. The Morgan fingerprint density at radius 2 is 2.08 bits per heavy atom. The van der Waals surface area contributed by atoms with Gasteiger partial charge in [-0.1, -0.05) is 30.3 Å². The lowest BCUT2D eigenvalue weighted by molar-refractivity contribution is -0.141. The van der Waals surface area contributed by atoms with Gasteiger partial charge in [0.25, 0.3) is 5.91 Å². The molecular formula is C18H22N4O3. The first kappa shape index (κ1) is 17.2. The lowest BCUT2D eigenvalue weighted by Crippen LogP contribution is -2.34. The number of esters is 1. The number of aromatic nitrogens is 2. The predicted octanol–water partition coefficient (Wildman–Crippen LogP) is 0.822. The molecule has 25 heavy (non-hydrogen) atoms. The molecule has 0 radical (unpaired) electrons. The maximum Gasteiger partial charge on any atom is 0.325 e. The summed E-state index contributed by atoms with van der Waals surface area (Å²) < 4.78 is 6.54. The normalized spacial score (nSPS) is 13.2. The van der Waals surface area contributed by atoms with Crippen molar-refractivity contribution in [2.24, 2.45) is 0 Å². The molecule has 2 aromatic rings. The number of benzene rings is 1. The standard InChI is InChI=1S/C18H22N4O3/c1-21(12-16(23)25-2)18(24)17-14-10-19-9-8-15(14)22(20-17)11-13-6-4-3-5-7-13/h3-7,19H,8-12H2,1-2H3. The molecule has 1 aromatic heterocycles. The highest BCUT2D eigenvalue weighted by Crippen LogP contribution is 2.21. The van der Waals surface area contributed by atoms with Crippen LogP contribution in [0, 0.1) is 0 Å². The summed E-state index contributed by atoms with van der Waals surface area (Å²) in [6.07, 6.45) is 0.823. The lowest BCUT2D eigenvalue weighted by atomic mass is 10.1. The quantitative estimate of drug-likeness (QED) is 0.814. The third-order valence-electron chi connectivity index (χ3n) is 4.33. The molecular weight excluding hydrogens is 320 g/mol. The van der Waals surface area contributed by atoms with E-state index in [0.717, 1.165) is 29.8 Å². The van der Waals surface area contributed by atoms with Gasteiger partial charge in [0.15, 0.2) is 5.69 Å². The molecule has 0 saturated heterocycles. The molecule has 0 fully saturated rings. The number of nitrogens with one attached hydrogen (secondary N) is 1.